The van der Waals surface area contributed by atoms with Crippen LogP contribution in [-0.2, 0) is 15.3 Å². The van der Waals surface area contributed by atoms with Crippen molar-refractivity contribution in [3.05, 3.63) is 71.0 Å². The Morgan fingerprint density at radius 1 is 1.14 bits per heavy atom. The van der Waals surface area contributed by atoms with Gasteiger partial charge in [-0.1, -0.05) is 42.0 Å². The van der Waals surface area contributed by atoms with E-state index in [1.807, 2.05) is 0 Å². The van der Waals surface area contributed by atoms with Crippen molar-refractivity contribution in [1.29, 1.82) is 0 Å². The Hall–Kier alpha value is -1.89. The van der Waals surface area contributed by atoms with Crippen molar-refractivity contribution in [2.45, 2.75) is 18.7 Å². The van der Waals surface area contributed by atoms with E-state index in [-0.39, 0.29) is 17.8 Å². The van der Waals surface area contributed by atoms with Crippen molar-refractivity contribution < 1.29 is 13.9 Å². The highest BCUT2D eigenvalue weighted by molar-refractivity contribution is 7.99. The maximum atomic E-state index is 13.3. The van der Waals surface area contributed by atoms with Crippen LogP contribution in [0.15, 0.2) is 48.5 Å². The van der Waals surface area contributed by atoms with Crippen LogP contribution in [0.4, 0.5) is 4.39 Å². The molecule has 0 spiro atoms. The van der Waals surface area contributed by atoms with Crippen LogP contribution < -0.4 is 5.32 Å². The number of morpholine rings is 1. The maximum Gasteiger partial charge on any atom is 0.230 e. The van der Waals surface area contributed by atoms with E-state index in [0.717, 1.165) is 24.4 Å². The molecule has 1 heterocycles. The summed E-state index contributed by atoms with van der Waals surface area (Å²) in [7, 11) is 0. The number of benzene rings is 2. The predicted molar refractivity (Wildman–Crippen MR) is 112 cm³/mol. The Kier molecular flexibility index (Phi) is 7.89. The van der Waals surface area contributed by atoms with Gasteiger partial charge in [-0.05, 0) is 30.2 Å². The number of ether oxygens (including phenoxy) is 1. The molecule has 1 fully saturated rings. The van der Waals surface area contributed by atoms with E-state index < -0.39 is 0 Å². The second-order valence-corrected chi connectivity index (χ2v) is 7.98. The zero-order chi connectivity index (χ0) is 19.8. The fourth-order valence-corrected chi connectivity index (χ4v) is 4.06. The number of halogens is 1. The molecule has 0 aromatic heterocycles. The average Bonchev–Trinajstić information content (AvgIpc) is 2.72. The molecular formula is C22H27FN2O2S. The van der Waals surface area contributed by atoms with Crippen molar-refractivity contribution in [3.8, 4) is 0 Å². The van der Waals surface area contributed by atoms with Crippen LogP contribution in [0.2, 0.25) is 0 Å². The monoisotopic (exact) mass is 402 g/mol. The van der Waals surface area contributed by atoms with Gasteiger partial charge in [-0.3, -0.25) is 9.69 Å². The fourth-order valence-electron chi connectivity index (χ4n) is 3.24. The second kappa shape index (κ2) is 10.6. The molecule has 1 amide bonds. The smallest absolute Gasteiger partial charge is 0.230 e. The Morgan fingerprint density at radius 2 is 1.82 bits per heavy atom. The normalized spacial score (nSPS) is 15.9. The van der Waals surface area contributed by atoms with E-state index in [1.54, 1.807) is 23.9 Å². The van der Waals surface area contributed by atoms with Crippen LogP contribution in [-0.4, -0.2) is 49.4 Å². The summed E-state index contributed by atoms with van der Waals surface area (Å²) in [6, 6.07) is 14.9. The molecule has 1 saturated heterocycles. The molecule has 1 aliphatic rings. The number of nitrogens with one attached hydrogen (secondary N) is 1. The number of aryl methyl sites for hydroxylation is 1. The Labute approximate surface area is 170 Å². The van der Waals surface area contributed by atoms with Gasteiger partial charge >= 0.3 is 0 Å². The van der Waals surface area contributed by atoms with Gasteiger partial charge < -0.3 is 10.1 Å². The van der Waals surface area contributed by atoms with Crippen LogP contribution in [0.1, 0.15) is 22.7 Å². The molecule has 3 rings (SSSR count). The summed E-state index contributed by atoms with van der Waals surface area (Å²) in [5, 5.41) is 3.05. The molecule has 150 valence electrons. The first-order valence-electron chi connectivity index (χ1n) is 9.59. The fraction of sp³-hybridized carbons (Fsp3) is 0.409. The number of carbonyl (C=O) groups excluding carboxylic acids is 1. The number of carbonyl (C=O) groups is 1. The number of thioether (sulfide) groups is 1. The highest BCUT2D eigenvalue weighted by Crippen LogP contribution is 2.22. The minimum absolute atomic E-state index is 0.0237. The van der Waals surface area contributed by atoms with Gasteiger partial charge in [-0.15, -0.1) is 11.8 Å². The van der Waals surface area contributed by atoms with Gasteiger partial charge in [0.05, 0.1) is 25.0 Å². The SMILES string of the molecule is Cc1ccc(CSCC(=O)NCC(c2ccc(F)cc2)N2CCOCC2)cc1. The molecule has 4 nitrogen and oxygen atoms in total. The molecule has 0 aliphatic carbocycles. The standard InChI is InChI=1S/C22H27FN2O2S/c1-17-2-4-18(5-3-17)15-28-16-22(26)24-14-21(25-10-12-27-13-11-25)19-6-8-20(23)9-7-19/h2-9,21H,10-16H2,1H3,(H,24,26). The van der Waals surface area contributed by atoms with Crippen LogP contribution in [0, 0.1) is 12.7 Å². The topological polar surface area (TPSA) is 41.6 Å². The lowest BCUT2D eigenvalue weighted by atomic mass is 10.0. The molecule has 2 aromatic rings. The first-order valence-corrected chi connectivity index (χ1v) is 10.7. The number of nitrogens with zero attached hydrogens (tertiary/aromatic N) is 1. The summed E-state index contributed by atoms with van der Waals surface area (Å²) in [5.41, 5.74) is 3.47. The van der Waals surface area contributed by atoms with Crippen LogP contribution in [0.5, 0.6) is 0 Å². The quantitative estimate of drug-likeness (QED) is 0.733. The zero-order valence-electron chi connectivity index (χ0n) is 16.2. The Balaban J connectivity index is 1.51. The van der Waals surface area contributed by atoms with E-state index in [1.165, 1.54) is 23.3 Å². The zero-order valence-corrected chi connectivity index (χ0v) is 17.0. The molecular weight excluding hydrogens is 375 g/mol. The highest BCUT2D eigenvalue weighted by atomic mass is 32.2. The minimum Gasteiger partial charge on any atom is -0.379 e. The summed E-state index contributed by atoms with van der Waals surface area (Å²) >= 11 is 1.61. The second-order valence-electron chi connectivity index (χ2n) is 7.00. The summed E-state index contributed by atoms with van der Waals surface area (Å²) in [5.74, 6) is 1.02. The van der Waals surface area contributed by atoms with E-state index in [2.05, 4.69) is 41.4 Å². The third-order valence-electron chi connectivity index (χ3n) is 4.86. The summed E-state index contributed by atoms with van der Waals surface area (Å²) < 4.78 is 18.7. The Morgan fingerprint density at radius 3 is 2.50 bits per heavy atom. The molecule has 2 aromatic carbocycles. The lowest BCUT2D eigenvalue weighted by Crippen LogP contribution is -2.44. The third-order valence-corrected chi connectivity index (χ3v) is 5.86. The molecule has 6 heteroatoms. The maximum absolute atomic E-state index is 13.3. The molecule has 28 heavy (non-hydrogen) atoms. The first kappa shape index (κ1) is 20.8. The largest absolute Gasteiger partial charge is 0.379 e. The van der Waals surface area contributed by atoms with Crippen molar-refractivity contribution in [3.63, 3.8) is 0 Å². The van der Waals surface area contributed by atoms with E-state index in [4.69, 9.17) is 4.74 Å². The summed E-state index contributed by atoms with van der Waals surface area (Å²) in [6.45, 7) is 5.54. The minimum atomic E-state index is -0.249. The van der Waals surface area contributed by atoms with Gasteiger partial charge in [0.15, 0.2) is 0 Å². The first-order chi connectivity index (χ1) is 13.6. The van der Waals surface area contributed by atoms with E-state index in [9.17, 15) is 9.18 Å². The molecule has 1 aliphatic heterocycles. The van der Waals surface area contributed by atoms with E-state index >= 15 is 0 Å². The van der Waals surface area contributed by atoms with Crippen molar-refractivity contribution in [1.82, 2.24) is 10.2 Å². The molecule has 1 atom stereocenters. The van der Waals surface area contributed by atoms with Crippen LogP contribution in [0.25, 0.3) is 0 Å². The van der Waals surface area contributed by atoms with Gasteiger partial charge in [0.25, 0.3) is 0 Å². The lowest BCUT2D eigenvalue weighted by Gasteiger charge is -2.35. The van der Waals surface area contributed by atoms with Gasteiger partial charge in [0.2, 0.25) is 5.91 Å². The highest BCUT2D eigenvalue weighted by Gasteiger charge is 2.23. The molecule has 0 saturated carbocycles. The summed E-state index contributed by atoms with van der Waals surface area (Å²) in [4.78, 5) is 14.6. The lowest BCUT2D eigenvalue weighted by molar-refractivity contribution is -0.118. The molecule has 1 N–H and O–H groups in total. The number of hydrogen-bond acceptors (Lipinski definition) is 4. The molecule has 0 bridgehead atoms. The number of rotatable bonds is 8. The number of amides is 1. The van der Waals surface area contributed by atoms with Gasteiger partial charge in [-0.2, -0.15) is 0 Å². The van der Waals surface area contributed by atoms with Crippen molar-refractivity contribution in [2.75, 3.05) is 38.6 Å². The number of hydrogen-bond donors (Lipinski definition) is 1. The van der Waals surface area contributed by atoms with Gasteiger partial charge in [0, 0.05) is 25.4 Å². The summed E-state index contributed by atoms with van der Waals surface area (Å²) in [6.07, 6.45) is 0. The van der Waals surface area contributed by atoms with Crippen LogP contribution in [0.3, 0.4) is 0 Å². The van der Waals surface area contributed by atoms with Gasteiger partial charge in [-0.25, -0.2) is 4.39 Å². The van der Waals surface area contributed by atoms with Crippen molar-refractivity contribution >= 4 is 17.7 Å². The van der Waals surface area contributed by atoms with Gasteiger partial charge in [0.1, 0.15) is 5.82 Å². The average molecular weight is 403 g/mol. The van der Waals surface area contributed by atoms with E-state index in [0.29, 0.717) is 25.5 Å². The third kappa shape index (κ3) is 6.33. The predicted octanol–water partition coefficient (Wildman–Crippen LogP) is 3.56. The molecule has 0 radical (unpaired) electrons. The van der Waals surface area contributed by atoms with Crippen LogP contribution >= 0.6 is 11.8 Å². The Bertz CT molecular complexity index is 746. The van der Waals surface area contributed by atoms with Crippen molar-refractivity contribution in [2.24, 2.45) is 0 Å². The molecule has 1 unspecified atom stereocenters.